The molecule has 0 spiro atoms. The summed E-state index contributed by atoms with van der Waals surface area (Å²) in [5.74, 6) is -0.382. The topological polar surface area (TPSA) is 57.6 Å². The summed E-state index contributed by atoms with van der Waals surface area (Å²) >= 11 is 1.39. The van der Waals surface area contributed by atoms with Gasteiger partial charge in [0.25, 0.3) is 0 Å². The largest absolute Gasteiger partial charge is 0.481 e. The monoisotopic (exact) mass is 293 g/mol. The zero-order chi connectivity index (χ0) is 14.7. The zero-order valence-electron chi connectivity index (χ0n) is 11.7. The summed E-state index contributed by atoms with van der Waals surface area (Å²) in [5.41, 5.74) is 2.20. The number of carbonyl (C=O) groups excluding carboxylic acids is 1. The van der Waals surface area contributed by atoms with Crippen LogP contribution in [0.15, 0.2) is 24.3 Å². The van der Waals surface area contributed by atoms with E-state index in [-0.39, 0.29) is 11.9 Å². The van der Waals surface area contributed by atoms with Gasteiger partial charge in [0.15, 0.2) is 0 Å². The van der Waals surface area contributed by atoms with Gasteiger partial charge in [-0.25, -0.2) is 0 Å². The van der Waals surface area contributed by atoms with E-state index in [1.165, 1.54) is 17.3 Å². The van der Waals surface area contributed by atoms with E-state index in [9.17, 15) is 9.59 Å². The first-order chi connectivity index (χ1) is 9.50. The SMILES string of the molecule is CC(CSCC(=O)N1c2ccccc2CC1C)C(=O)O. The second-order valence-corrected chi connectivity index (χ2v) is 6.23. The number of thioether (sulfide) groups is 1. The highest BCUT2D eigenvalue weighted by atomic mass is 32.2. The molecule has 0 fully saturated rings. The van der Waals surface area contributed by atoms with Crippen LogP contribution in [0.1, 0.15) is 19.4 Å². The number of hydrogen-bond donors (Lipinski definition) is 1. The third kappa shape index (κ3) is 3.15. The lowest BCUT2D eigenvalue weighted by Gasteiger charge is -2.22. The van der Waals surface area contributed by atoms with E-state index in [0.717, 1.165) is 12.1 Å². The van der Waals surface area contributed by atoms with E-state index in [1.54, 1.807) is 6.92 Å². The van der Waals surface area contributed by atoms with Crippen LogP contribution in [-0.2, 0) is 16.0 Å². The van der Waals surface area contributed by atoms with Crippen molar-refractivity contribution in [1.29, 1.82) is 0 Å². The number of rotatable bonds is 5. The predicted octanol–water partition coefficient (Wildman–Crippen LogP) is 2.42. The third-order valence-electron chi connectivity index (χ3n) is 3.49. The molecule has 1 aromatic carbocycles. The smallest absolute Gasteiger partial charge is 0.307 e. The molecule has 2 rings (SSSR count). The van der Waals surface area contributed by atoms with Gasteiger partial charge in [-0.2, -0.15) is 11.8 Å². The van der Waals surface area contributed by atoms with Crippen LogP contribution in [0.3, 0.4) is 0 Å². The lowest BCUT2D eigenvalue weighted by atomic mass is 10.1. The van der Waals surface area contributed by atoms with E-state index in [4.69, 9.17) is 5.11 Å². The summed E-state index contributed by atoms with van der Waals surface area (Å²) in [6.45, 7) is 3.70. The minimum Gasteiger partial charge on any atom is -0.481 e. The van der Waals surface area contributed by atoms with Crippen molar-refractivity contribution in [2.24, 2.45) is 5.92 Å². The molecule has 1 aromatic rings. The number of para-hydroxylation sites is 1. The van der Waals surface area contributed by atoms with Gasteiger partial charge in [-0.15, -0.1) is 0 Å². The fourth-order valence-electron chi connectivity index (χ4n) is 2.41. The Labute approximate surface area is 123 Å². The maximum Gasteiger partial charge on any atom is 0.307 e. The Bertz CT molecular complexity index is 518. The van der Waals surface area contributed by atoms with Crippen LogP contribution in [0, 0.1) is 5.92 Å². The molecular weight excluding hydrogens is 274 g/mol. The molecule has 1 N–H and O–H groups in total. The quantitative estimate of drug-likeness (QED) is 0.906. The summed E-state index contributed by atoms with van der Waals surface area (Å²) in [4.78, 5) is 24.9. The Morgan fingerprint density at radius 2 is 2.15 bits per heavy atom. The Balaban J connectivity index is 1.95. The molecule has 1 heterocycles. The highest BCUT2D eigenvalue weighted by Crippen LogP contribution is 2.32. The van der Waals surface area contributed by atoms with Crippen molar-refractivity contribution < 1.29 is 14.7 Å². The van der Waals surface area contributed by atoms with Crippen molar-refractivity contribution in [3.63, 3.8) is 0 Å². The maximum absolute atomic E-state index is 12.3. The Morgan fingerprint density at radius 1 is 1.45 bits per heavy atom. The number of amides is 1. The van der Waals surface area contributed by atoms with Crippen LogP contribution in [0.25, 0.3) is 0 Å². The number of benzene rings is 1. The van der Waals surface area contributed by atoms with Crippen molar-refractivity contribution in [1.82, 2.24) is 0 Å². The molecule has 0 saturated heterocycles. The van der Waals surface area contributed by atoms with Crippen molar-refractivity contribution in [3.05, 3.63) is 29.8 Å². The molecule has 1 amide bonds. The van der Waals surface area contributed by atoms with E-state index in [0.29, 0.717) is 11.5 Å². The molecule has 2 unspecified atom stereocenters. The average molecular weight is 293 g/mol. The van der Waals surface area contributed by atoms with E-state index in [2.05, 4.69) is 6.07 Å². The first kappa shape index (κ1) is 14.9. The zero-order valence-corrected chi connectivity index (χ0v) is 12.5. The van der Waals surface area contributed by atoms with E-state index < -0.39 is 11.9 Å². The summed E-state index contributed by atoms with van der Waals surface area (Å²) < 4.78 is 0. The van der Waals surface area contributed by atoms with Gasteiger partial charge < -0.3 is 10.0 Å². The molecule has 0 bridgehead atoms. The number of carboxylic acid groups (broad SMARTS) is 1. The lowest BCUT2D eigenvalue weighted by Crippen LogP contribution is -2.37. The van der Waals surface area contributed by atoms with E-state index in [1.807, 2.05) is 30.0 Å². The maximum atomic E-state index is 12.3. The van der Waals surface area contributed by atoms with Crippen molar-refractivity contribution in [2.75, 3.05) is 16.4 Å². The number of hydrogen-bond acceptors (Lipinski definition) is 3. The molecule has 0 radical (unpaired) electrons. The molecule has 0 saturated carbocycles. The van der Waals surface area contributed by atoms with Crippen LogP contribution < -0.4 is 4.90 Å². The first-order valence-corrected chi connectivity index (χ1v) is 7.86. The molecule has 108 valence electrons. The second kappa shape index (κ2) is 6.31. The fraction of sp³-hybridized carbons (Fsp3) is 0.467. The van der Waals surface area contributed by atoms with Crippen LogP contribution >= 0.6 is 11.8 Å². The Morgan fingerprint density at radius 3 is 2.85 bits per heavy atom. The van der Waals surface area contributed by atoms with Gasteiger partial charge in [0.1, 0.15) is 0 Å². The first-order valence-electron chi connectivity index (χ1n) is 6.71. The van der Waals surface area contributed by atoms with Crippen molar-refractivity contribution in [2.45, 2.75) is 26.3 Å². The Kier molecular flexibility index (Phi) is 4.70. The van der Waals surface area contributed by atoms with Crippen molar-refractivity contribution in [3.8, 4) is 0 Å². The molecule has 20 heavy (non-hydrogen) atoms. The van der Waals surface area contributed by atoms with Gasteiger partial charge >= 0.3 is 5.97 Å². The van der Waals surface area contributed by atoms with Crippen molar-refractivity contribution >= 4 is 29.3 Å². The molecule has 4 nitrogen and oxygen atoms in total. The van der Waals surface area contributed by atoms with Gasteiger partial charge in [-0.05, 0) is 25.0 Å². The molecule has 5 heteroatoms. The highest BCUT2D eigenvalue weighted by Gasteiger charge is 2.30. The highest BCUT2D eigenvalue weighted by molar-refractivity contribution is 8.00. The molecule has 0 aromatic heterocycles. The molecule has 2 atom stereocenters. The molecule has 0 aliphatic carbocycles. The van der Waals surface area contributed by atoms with Crippen LogP contribution in [-0.4, -0.2) is 34.5 Å². The number of carboxylic acids is 1. The number of fused-ring (bicyclic) bond motifs is 1. The number of anilines is 1. The summed E-state index contributed by atoms with van der Waals surface area (Å²) in [5, 5.41) is 8.82. The fourth-order valence-corrected chi connectivity index (χ4v) is 3.34. The third-order valence-corrected chi connectivity index (χ3v) is 4.68. The minimum absolute atomic E-state index is 0.0602. The minimum atomic E-state index is -0.815. The average Bonchev–Trinajstić information content (AvgIpc) is 2.74. The summed E-state index contributed by atoms with van der Waals surface area (Å²) in [7, 11) is 0. The molecule has 1 aliphatic heterocycles. The Hall–Kier alpha value is -1.49. The van der Waals surface area contributed by atoms with Gasteiger partial charge in [0.05, 0.1) is 11.7 Å². The number of carbonyl (C=O) groups is 2. The molecular formula is C15H19NO3S. The normalized spacial score (nSPS) is 18.7. The van der Waals surface area contributed by atoms with Gasteiger partial charge in [-0.1, -0.05) is 25.1 Å². The van der Waals surface area contributed by atoms with Crippen LogP contribution in [0.2, 0.25) is 0 Å². The summed E-state index contributed by atoms with van der Waals surface area (Å²) in [6, 6.07) is 8.14. The summed E-state index contributed by atoms with van der Waals surface area (Å²) in [6.07, 6.45) is 0.887. The second-order valence-electron chi connectivity index (χ2n) is 5.20. The molecule has 1 aliphatic rings. The van der Waals surface area contributed by atoms with Gasteiger partial charge in [-0.3, -0.25) is 9.59 Å². The van der Waals surface area contributed by atoms with Gasteiger partial charge in [0.2, 0.25) is 5.91 Å². The number of nitrogens with zero attached hydrogens (tertiary/aromatic N) is 1. The standard InChI is InChI=1S/C15H19NO3S/c1-10(15(18)19)8-20-9-14(17)16-11(2)7-12-5-3-4-6-13(12)16/h3-6,10-11H,7-9H2,1-2H3,(H,18,19). The lowest BCUT2D eigenvalue weighted by molar-refractivity contribution is -0.140. The van der Waals surface area contributed by atoms with Crippen LogP contribution in [0.4, 0.5) is 5.69 Å². The van der Waals surface area contributed by atoms with Crippen LogP contribution in [0.5, 0.6) is 0 Å². The van der Waals surface area contributed by atoms with E-state index >= 15 is 0 Å². The van der Waals surface area contributed by atoms with Gasteiger partial charge in [0, 0.05) is 17.5 Å². The predicted molar refractivity (Wildman–Crippen MR) is 81.2 cm³/mol. The number of aliphatic carboxylic acids is 1.